The largest absolute Gasteiger partial charge is 0.418 e. The highest BCUT2D eigenvalue weighted by molar-refractivity contribution is 5.58. The number of ether oxygens (including phenoxy) is 1. The summed E-state index contributed by atoms with van der Waals surface area (Å²) >= 11 is 0. The first-order chi connectivity index (χ1) is 15.7. The molecule has 0 unspecified atom stereocenters. The third kappa shape index (κ3) is 3.53. The number of aromatic nitrogens is 5. The fourth-order valence-electron chi connectivity index (χ4n) is 4.22. The average molecular weight is 459 g/mol. The molecule has 0 radical (unpaired) electrons. The van der Waals surface area contributed by atoms with E-state index in [2.05, 4.69) is 10.2 Å². The second-order valence-electron chi connectivity index (χ2n) is 8.31. The van der Waals surface area contributed by atoms with Crippen molar-refractivity contribution in [2.24, 2.45) is 7.05 Å². The van der Waals surface area contributed by atoms with Crippen LogP contribution in [-0.4, -0.2) is 42.1 Å². The van der Waals surface area contributed by atoms with E-state index in [-0.39, 0.29) is 16.5 Å². The summed E-state index contributed by atoms with van der Waals surface area (Å²) in [7, 11) is 1.85. The lowest BCUT2D eigenvalue weighted by Crippen LogP contribution is -2.49. The maximum Gasteiger partial charge on any atom is 0.418 e. The van der Waals surface area contributed by atoms with Crippen molar-refractivity contribution in [1.29, 1.82) is 0 Å². The SMILES string of the molecule is Cn1cnnc1CC1(c2cccc(-n3cc4c(C(F)(F)F)cc(CO)cn4c3=O)c2)COC1. The molecule has 1 N–H and O–H groups in total. The van der Waals surface area contributed by atoms with Crippen molar-refractivity contribution in [2.75, 3.05) is 13.2 Å². The number of pyridine rings is 1. The van der Waals surface area contributed by atoms with E-state index in [4.69, 9.17) is 4.74 Å². The summed E-state index contributed by atoms with van der Waals surface area (Å²) in [6, 6.07) is 7.99. The van der Waals surface area contributed by atoms with Gasteiger partial charge >= 0.3 is 11.9 Å². The molecule has 172 valence electrons. The molecule has 0 bridgehead atoms. The standard InChI is InChI=1S/C22H20F3N5O3/c1-28-13-26-27-19(28)7-21(11-33-12-21)15-3-2-4-16(6-15)29-9-18-17(22(23,24)25)5-14(10-31)8-30(18)20(29)32/h2-6,8-9,13,31H,7,10-12H2,1H3. The van der Waals surface area contributed by atoms with Crippen LogP contribution in [0.15, 0.2) is 53.8 Å². The molecule has 1 fully saturated rings. The van der Waals surface area contributed by atoms with Gasteiger partial charge in [-0.2, -0.15) is 13.2 Å². The van der Waals surface area contributed by atoms with E-state index in [1.165, 1.54) is 17.0 Å². The highest BCUT2D eigenvalue weighted by atomic mass is 19.4. The Kier molecular flexibility index (Phi) is 4.91. The lowest BCUT2D eigenvalue weighted by molar-refractivity contribution is -0.136. The first-order valence-corrected chi connectivity index (χ1v) is 10.2. The number of aliphatic hydroxyl groups is 1. The number of hydrogen-bond acceptors (Lipinski definition) is 5. The van der Waals surface area contributed by atoms with Gasteiger partial charge in [0.05, 0.1) is 36.6 Å². The predicted octanol–water partition coefficient (Wildman–Crippen LogP) is 2.24. The van der Waals surface area contributed by atoms with Crippen molar-refractivity contribution in [3.05, 3.63) is 82.1 Å². The highest BCUT2D eigenvalue weighted by Crippen LogP contribution is 2.37. The van der Waals surface area contributed by atoms with Crippen molar-refractivity contribution in [1.82, 2.24) is 23.7 Å². The number of hydrogen-bond donors (Lipinski definition) is 1. The topological polar surface area (TPSA) is 86.6 Å². The molecule has 5 rings (SSSR count). The highest BCUT2D eigenvalue weighted by Gasteiger charge is 2.42. The molecule has 3 aromatic heterocycles. The van der Waals surface area contributed by atoms with E-state index >= 15 is 0 Å². The minimum Gasteiger partial charge on any atom is -0.392 e. The Hall–Kier alpha value is -3.44. The molecule has 1 saturated heterocycles. The van der Waals surface area contributed by atoms with Crippen molar-refractivity contribution in [3.8, 4) is 5.69 Å². The van der Waals surface area contributed by atoms with Crippen LogP contribution in [-0.2, 0) is 36.4 Å². The molecule has 0 spiro atoms. The van der Waals surface area contributed by atoms with Gasteiger partial charge in [-0.3, -0.25) is 8.97 Å². The van der Waals surface area contributed by atoms with E-state index in [9.17, 15) is 23.1 Å². The Bertz CT molecular complexity index is 1400. The quantitative estimate of drug-likeness (QED) is 0.495. The van der Waals surface area contributed by atoms with Crippen molar-refractivity contribution in [2.45, 2.75) is 24.6 Å². The van der Waals surface area contributed by atoms with Crippen LogP contribution in [0.1, 0.15) is 22.5 Å². The van der Waals surface area contributed by atoms with Crippen LogP contribution < -0.4 is 5.69 Å². The predicted molar refractivity (Wildman–Crippen MR) is 111 cm³/mol. The Balaban J connectivity index is 1.62. The van der Waals surface area contributed by atoms with E-state index in [0.29, 0.717) is 25.3 Å². The summed E-state index contributed by atoms with van der Waals surface area (Å²) in [6.07, 6.45) is -0.0944. The minimum absolute atomic E-state index is 0.00216. The fraction of sp³-hybridized carbons (Fsp3) is 0.318. The molecule has 33 heavy (non-hydrogen) atoms. The van der Waals surface area contributed by atoms with Gasteiger partial charge in [0.15, 0.2) is 0 Å². The first kappa shape index (κ1) is 21.4. The third-order valence-corrected chi connectivity index (χ3v) is 6.11. The van der Waals surface area contributed by atoms with Crippen molar-refractivity contribution >= 4 is 5.52 Å². The maximum atomic E-state index is 13.6. The van der Waals surface area contributed by atoms with Crippen molar-refractivity contribution in [3.63, 3.8) is 0 Å². The molecule has 0 amide bonds. The van der Waals surface area contributed by atoms with Gasteiger partial charge in [-0.05, 0) is 29.3 Å². The van der Waals surface area contributed by atoms with E-state index in [1.807, 2.05) is 17.7 Å². The van der Waals surface area contributed by atoms with Gasteiger partial charge in [0.1, 0.15) is 12.2 Å². The van der Waals surface area contributed by atoms with Gasteiger partial charge in [0, 0.05) is 31.3 Å². The maximum absolute atomic E-state index is 13.6. The van der Waals surface area contributed by atoms with Crippen LogP contribution in [0.2, 0.25) is 0 Å². The number of nitrogens with zero attached hydrogens (tertiary/aromatic N) is 5. The zero-order valence-corrected chi connectivity index (χ0v) is 17.6. The number of imidazole rings is 1. The van der Waals surface area contributed by atoms with Crippen LogP contribution in [0.3, 0.4) is 0 Å². The van der Waals surface area contributed by atoms with Gasteiger partial charge in [0.25, 0.3) is 0 Å². The van der Waals surface area contributed by atoms with Crippen LogP contribution in [0.4, 0.5) is 13.2 Å². The number of halogens is 3. The number of aliphatic hydroxyl groups excluding tert-OH is 1. The number of benzene rings is 1. The lowest BCUT2D eigenvalue weighted by atomic mass is 9.75. The summed E-state index contributed by atoms with van der Waals surface area (Å²) < 4.78 is 50.3. The fourth-order valence-corrected chi connectivity index (χ4v) is 4.22. The summed E-state index contributed by atoms with van der Waals surface area (Å²) in [6.45, 7) is 0.290. The minimum atomic E-state index is -4.68. The first-order valence-electron chi connectivity index (χ1n) is 10.2. The number of alkyl halides is 3. The molecule has 1 aliphatic rings. The van der Waals surface area contributed by atoms with Gasteiger partial charge < -0.3 is 14.4 Å². The normalized spacial score (nSPS) is 15.7. The second kappa shape index (κ2) is 7.56. The molecule has 4 aromatic rings. The molecular formula is C22H20F3N5O3. The Morgan fingerprint density at radius 1 is 1.21 bits per heavy atom. The smallest absolute Gasteiger partial charge is 0.392 e. The van der Waals surface area contributed by atoms with Gasteiger partial charge in [0.2, 0.25) is 0 Å². The molecule has 1 aliphatic heterocycles. The lowest BCUT2D eigenvalue weighted by Gasteiger charge is -2.41. The van der Waals surface area contributed by atoms with Crippen LogP contribution in [0, 0.1) is 0 Å². The van der Waals surface area contributed by atoms with Gasteiger partial charge in [-0.15, -0.1) is 10.2 Å². The molecule has 8 nitrogen and oxygen atoms in total. The molecule has 1 aromatic carbocycles. The van der Waals surface area contributed by atoms with Crippen LogP contribution in [0.5, 0.6) is 0 Å². The average Bonchev–Trinajstić information content (AvgIpc) is 3.32. The Morgan fingerprint density at radius 3 is 2.61 bits per heavy atom. The zero-order valence-electron chi connectivity index (χ0n) is 17.6. The van der Waals surface area contributed by atoms with E-state index in [0.717, 1.165) is 21.9 Å². The van der Waals surface area contributed by atoms with Gasteiger partial charge in [-0.1, -0.05) is 12.1 Å². The summed E-state index contributed by atoms with van der Waals surface area (Å²) in [4.78, 5) is 13.1. The summed E-state index contributed by atoms with van der Waals surface area (Å²) in [5.74, 6) is 0.779. The van der Waals surface area contributed by atoms with Gasteiger partial charge in [-0.25, -0.2) is 4.79 Å². The molecular weight excluding hydrogens is 439 g/mol. The van der Waals surface area contributed by atoms with Crippen molar-refractivity contribution < 1.29 is 23.0 Å². The molecule has 4 heterocycles. The number of fused-ring (bicyclic) bond motifs is 1. The van der Waals surface area contributed by atoms with Crippen LogP contribution >= 0.6 is 0 Å². The third-order valence-electron chi connectivity index (χ3n) is 6.11. The Labute approximate surface area is 185 Å². The molecule has 11 heteroatoms. The Morgan fingerprint density at radius 2 is 2.00 bits per heavy atom. The number of aryl methyl sites for hydroxylation is 1. The van der Waals surface area contributed by atoms with E-state index < -0.39 is 24.0 Å². The van der Waals surface area contributed by atoms with Crippen LogP contribution in [0.25, 0.3) is 11.2 Å². The molecule has 0 saturated carbocycles. The summed E-state index contributed by atoms with van der Waals surface area (Å²) in [5, 5.41) is 17.4. The summed E-state index contributed by atoms with van der Waals surface area (Å²) in [5.41, 5.74) is -0.968. The second-order valence-corrected chi connectivity index (χ2v) is 8.31. The molecule has 0 aliphatic carbocycles. The van der Waals surface area contributed by atoms with E-state index in [1.54, 1.807) is 24.5 Å². The monoisotopic (exact) mass is 459 g/mol. The zero-order chi connectivity index (χ0) is 23.4. The number of rotatable bonds is 5. The molecule has 0 atom stereocenters.